The molecule has 1 fully saturated rings. The molecule has 5 rings (SSSR count). The number of halogens is 1. The van der Waals surface area contributed by atoms with Gasteiger partial charge in [0.15, 0.2) is 11.0 Å². The highest BCUT2D eigenvalue weighted by molar-refractivity contribution is 7.99. The molecular weight excluding hydrogens is 463 g/mol. The molecule has 35 heavy (non-hydrogen) atoms. The van der Waals surface area contributed by atoms with Crippen molar-refractivity contribution in [2.45, 2.75) is 51.0 Å². The van der Waals surface area contributed by atoms with Crippen LogP contribution in [-0.4, -0.2) is 36.2 Å². The average molecular weight is 491 g/mol. The lowest BCUT2D eigenvalue weighted by Gasteiger charge is -2.10. The van der Waals surface area contributed by atoms with Crippen LogP contribution in [0.15, 0.2) is 59.8 Å². The highest BCUT2D eigenvalue weighted by Gasteiger charge is 2.31. The lowest BCUT2D eigenvalue weighted by molar-refractivity contribution is -0.118. The molecule has 180 valence electrons. The van der Waals surface area contributed by atoms with E-state index >= 15 is 0 Å². The van der Waals surface area contributed by atoms with E-state index in [2.05, 4.69) is 32.7 Å². The van der Waals surface area contributed by atoms with Gasteiger partial charge >= 0.3 is 0 Å². The first-order valence-electron chi connectivity index (χ1n) is 11.7. The fourth-order valence-electron chi connectivity index (χ4n) is 4.13. The van der Waals surface area contributed by atoms with E-state index < -0.39 is 0 Å². The molecule has 2 aromatic carbocycles. The molecule has 0 atom stereocenters. The number of rotatable bonds is 9. The topological polar surface area (TPSA) is 77.6 Å². The first-order valence-corrected chi connectivity index (χ1v) is 12.7. The van der Waals surface area contributed by atoms with Crippen LogP contribution in [0, 0.1) is 19.7 Å². The van der Waals surface area contributed by atoms with Gasteiger partial charge in [-0.05, 0) is 44.4 Å². The zero-order chi connectivity index (χ0) is 24.4. The number of thioether (sulfide) groups is 1. The average Bonchev–Trinajstić information content (AvgIpc) is 3.56. The largest absolute Gasteiger partial charge is 0.351 e. The van der Waals surface area contributed by atoms with Crippen LogP contribution in [0.3, 0.4) is 0 Å². The first kappa shape index (κ1) is 23.3. The number of aryl methyl sites for hydroxylation is 1. The van der Waals surface area contributed by atoms with Crippen molar-refractivity contribution in [3.8, 4) is 11.4 Å². The van der Waals surface area contributed by atoms with Crippen LogP contribution in [0.1, 0.15) is 41.4 Å². The second-order valence-electron chi connectivity index (χ2n) is 8.75. The van der Waals surface area contributed by atoms with E-state index in [1.807, 2.05) is 41.3 Å². The Bertz CT molecular complexity index is 1350. The van der Waals surface area contributed by atoms with E-state index in [9.17, 15) is 9.18 Å². The second kappa shape index (κ2) is 10.0. The second-order valence-corrected chi connectivity index (χ2v) is 9.69. The molecule has 0 saturated heterocycles. The van der Waals surface area contributed by atoms with Crippen molar-refractivity contribution < 1.29 is 9.18 Å². The van der Waals surface area contributed by atoms with Gasteiger partial charge in [-0.2, -0.15) is 5.10 Å². The molecule has 1 aliphatic carbocycles. The molecule has 9 heteroatoms. The van der Waals surface area contributed by atoms with E-state index in [-0.39, 0.29) is 23.5 Å². The van der Waals surface area contributed by atoms with Gasteiger partial charge in [0, 0.05) is 23.8 Å². The fourth-order valence-corrected chi connectivity index (χ4v) is 4.97. The summed E-state index contributed by atoms with van der Waals surface area (Å²) >= 11 is 1.33. The summed E-state index contributed by atoms with van der Waals surface area (Å²) in [6, 6.07) is 17.0. The molecule has 2 aromatic heterocycles. The maximum absolute atomic E-state index is 14.4. The van der Waals surface area contributed by atoms with Crippen molar-refractivity contribution in [2.24, 2.45) is 0 Å². The third kappa shape index (κ3) is 5.14. The summed E-state index contributed by atoms with van der Waals surface area (Å²) in [6.45, 7) is 5.11. The van der Waals surface area contributed by atoms with Gasteiger partial charge in [0.05, 0.1) is 23.6 Å². The third-order valence-electron chi connectivity index (χ3n) is 6.19. The normalized spacial score (nSPS) is 13.2. The number of hydrogen-bond donors (Lipinski definition) is 1. The number of nitrogens with zero attached hydrogens (tertiary/aromatic N) is 5. The summed E-state index contributed by atoms with van der Waals surface area (Å²) < 4.78 is 18.3. The maximum atomic E-state index is 14.4. The van der Waals surface area contributed by atoms with Crippen molar-refractivity contribution in [3.05, 3.63) is 82.9 Å². The lowest BCUT2D eigenvalue weighted by atomic mass is 10.2. The highest BCUT2D eigenvalue weighted by atomic mass is 32.2. The SMILES string of the molecule is Cc1nn(Cc2ccccc2)c(C)c1CNC(=O)CSc1nnc(-c2ccccc2F)n1C1CC1. The molecule has 0 radical (unpaired) electrons. The van der Waals surface area contributed by atoms with Gasteiger partial charge in [0.1, 0.15) is 5.82 Å². The quantitative estimate of drug-likeness (QED) is 0.345. The molecule has 4 aromatic rings. The van der Waals surface area contributed by atoms with Gasteiger partial charge in [0.25, 0.3) is 0 Å². The molecule has 0 aliphatic heterocycles. The Morgan fingerprint density at radius 1 is 1.09 bits per heavy atom. The van der Waals surface area contributed by atoms with Crippen LogP contribution in [0.2, 0.25) is 0 Å². The van der Waals surface area contributed by atoms with Crippen molar-refractivity contribution in [2.75, 3.05) is 5.75 Å². The number of aromatic nitrogens is 5. The number of benzene rings is 2. The number of hydrogen-bond acceptors (Lipinski definition) is 5. The van der Waals surface area contributed by atoms with E-state index in [4.69, 9.17) is 0 Å². The highest BCUT2D eigenvalue weighted by Crippen LogP contribution is 2.41. The zero-order valence-corrected chi connectivity index (χ0v) is 20.6. The van der Waals surface area contributed by atoms with Crippen molar-refractivity contribution in [1.82, 2.24) is 29.9 Å². The van der Waals surface area contributed by atoms with E-state index in [1.54, 1.807) is 18.2 Å². The minimum absolute atomic E-state index is 0.0950. The molecule has 0 unspecified atom stereocenters. The van der Waals surface area contributed by atoms with Crippen molar-refractivity contribution >= 4 is 17.7 Å². The smallest absolute Gasteiger partial charge is 0.230 e. The van der Waals surface area contributed by atoms with E-state index in [1.165, 1.54) is 23.4 Å². The third-order valence-corrected chi connectivity index (χ3v) is 7.14. The fraction of sp³-hybridized carbons (Fsp3) is 0.308. The Labute approximate surface area is 207 Å². The number of carbonyl (C=O) groups is 1. The van der Waals surface area contributed by atoms with Crippen molar-refractivity contribution in [1.29, 1.82) is 0 Å². The Balaban J connectivity index is 1.22. The molecule has 2 heterocycles. The minimum atomic E-state index is -0.324. The zero-order valence-electron chi connectivity index (χ0n) is 19.7. The summed E-state index contributed by atoms with van der Waals surface area (Å²) in [5, 5.41) is 16.8. The van der Waals surface area contributed by atoms with Crippen LogP contribution in [0.4, 0.5) is 4.39 Å². The van der Waals surface area contributed by atoms with Gasteiger partial charge in [-0.15, -0.1) is 10.2 Å². The van der Waals surface area contributed by atoms with Crippen LogP contribution in [0.25, 0.3) is 11.4 Å². The summed E-state index contributed by atoms with van der Waals surface area (Å²) in [6.07, 6.45) is 2.01. The monoisotopic (exact) mass is 490 g/mol. The standard InChI is InChI=1S/C26H27FN6OS/c1-17-22(18(2)32(31-17)15-19-8-4-3-5-9-19)14-28-24(34)16-35-26-30-29-25(33(26)20-12-13-20)21-10-6-7-11-23(21)27/h3-11,20H,12-16H2,1-2H3,(H,28,34). The Morgan fingerprint density at radius 3 is 2.57 bits per heavy atom. The van der Waals surface area contributed by atoms with Gasteiger partial charge in [0.2, 0.25) is 5.91 Å². The summed E-state index contributed by atoms with van der Waals surface area (Å²) in [7, 11) is 0. The van der Waals surface area contributed by atoms with Gasteiger partial charge in [-0.3, -0.25) is 14.0 Å². The van der Waals surface area contributed by atoms with Gasteiger partial charge in [-0.25, -0.2) is 4.39 Å². The van der Waals surface area contributed by atoms with Crippen molar-refractivity contribution in [3.63, 3.8) is 0 Å². The molecule has 1 saturated carbocycles. The first-order chi connectivity index (χ1) is 17.0. The Kier molecular flexibility index (Phi) is 6.68. The Morgan fingerprint density at radius 2 is 1.83 bits per heavy atom. The Hall–Kier alpha value is -3.46. The van der Waals surface area contributed by atoms with E-state index in [0.717, 1.165) is 29.8 Å². The molecule has 1 amide bonds. The molecule has 0 spiro atoms. The summed E-state index contributed by atoms with van der Waals surface area (Å²) in [4.78, 5) is 12.7. The number of amides is 1. The molecule has 7 nitrogen and oxygen atoms in total. The maximum Gasteiger partial charge on any atom is 0.230 e. The molecule has 1 aliphatic rings. The summed E-state index contributed by atoms with van der Waals surface area (Å²) in [5.74, 6) is 0.306. The number of carbonyl (C=O) groups excluding carboxylic acids is 1. The van der Waals surface area contributed by atoms with Crippen LogP contribution in [0.5, 0.6) is 0 Å². The van der Waals surface area contributed by atoms with Crippen LogP contribution >= 0.6 is 11.8 Å². The van der Waals surface area contributed by atoms with E-state index in [0.29, 0.717) is 29.6 Å². The predicted molar refractivity (Wildman–Crippen MR) is 134 cm³/mol. The number of nitrogens with one attached hydrogen (secondary N) is 1. The van der Waals surface area contributed by atoms with Crippen LogP contribution < -0.4 is 5.32 Å². The molecular formula is C26H27FN6OS. The van der Waals surface area contributed by atoms with Gasteiger partial charge < -0.3 is 5.32 Å². The lowest BCUT2D eigenvalue weighted by Crippen LogP contribution is -2.25. The molecule has 0 bridgehead atoms. The predicted octanol–water partition coefficient (Wildman–Crippen LogP) is 4.69. The van der Waals surface area contributed by atoms with Gasteiger partial charge in [-0.1, -0.05) is 54.2 Å². The minimum Gasteiger partial charge on any atom is -0.351 e. The van der Waals surface area contributed by atoms with Crippen LogP contribution in [-0.2, 0) is 17.9 Å². The summed E-state index contributed by atoms with van der Waals surface area (Å²) in [5.41, 5.74) is 4.60. The molecule has 1 N–H and O–H groups in total.